The summed E-state index contributed by atoms with van der Waals surface area (Å²) in [6.07, 6.45) is 11.4. The molecule has 2 saturated carbocycles. The number of fused-ring (bicyclic) bond motifs is 5. The smallest absolute Gasteiger partial charge is 0.146 e. The molecule has 4 rings (SSSR count). The topological polar surface area (TPSA) is 37.3 Å². The van der Waals surface area contributed by atoms with E-state index in [2.05, 4.69) is 26.0 Å². The van der Waals surface area contributed by atoms with Gasteiger partial charge in [-0.15, -0.1) is 0 Å². The first-order valence-corrected chi connectivity index (χ1v) is 8.56. The lowest BCUT2D eigenvalue weighted by Crippen LogP contribution is -2.47. The Balaban J connectivity index is 1.73. The molecule has 1 N–H and O–H groups in total. The van der Waals surface area contributed by atoms with Crippen LogP contribution in [0.5, 0.6) is 0 Å². The van der Waals surface area contributed by atoms with Gasteiger partial charge in [0.25, 0.3) is 0 Å². The van der Waals surface area contributed by atoms with Gasteiger partial charge in [-0.05, 0) is 62.7 Å². The summed E-state index contributed by atoms with van der Waals surface area (Å²) in [6.45, 7) is 4.60. The largest absolute Gasteiger partial charge is 0.393 e. The summed E-state index contributed by atoms with van der Waals surface area (Å²) in [6, 6.07) is 0. The third-order valence-electron chi connectivity index (χ3n) is 7.22. The Bertz CT molecular complexity index is 558. The number of hydrogen-bond donors (Lipinski definition) is 1. The van der Waals surface area contributed by atoms with Gasteiger partial charge in [-0.1, -0.05) is 30.2 Å². The number of Topliss-reactive ketones (excluding diaryl/α,β-unsaturated/α-hetero) is 1. The fourth-order valence-corrected chi connectivity index (χ4v) is 5.80. The van der Waals surface area contributed by atoms with Gasteiger partial charge in [0.15, 0.2) is 0 Å². The molecule has 4 aliphatic rings. The lowest BCUT2D eigenvalue weighted by atomic mass is 9.49. The van der Waals surface area contributed by atoms with Gasteiger partial charge in [0, 0.05) is 11.8 Å². The van der Waals surface area contributed by atoms with Crippen LogP contribution in [0.4, 0.5) is 0 Å². The van der Waals surface area contributed by atoms with Crippen LogP contribution >= 0.6 is 0 Å². The average Bonchev–Trinajstić information content (AvgIpc) is 2.76. The third kappa shape index (κ3) is 1.72. The summed E-state index contributed by atoms with van der Waals surface area (Å²) in [7, 11) is 0. The number of aliphatic hydroxyl groups is 1. The Morgan fingerprint density at radius 2 is 2.00 bits per heavy atom. The molecule has 0 heterocycles. The van der Waals surface area contributed by atoms with Crippen molar-refractivity contribution in [2.45, 2.75) is 64.9 Å². The maximum absolute atomic E-state index is 12.3. The molecule has 0 aliphatic heterocycles. The molecule has 2 nitrogen and oxygen atoms in total. The van der Waals surface area contributed by atoms with Crippen LogP contribution in [0.15, 0.2) is 23.3 Å². The predicted octanol–water partition coefficient (Wildman–Crippen LogP) is 3.80. The van der Waals surface area contributed by atoms with Gasteiger partial charge in [-0.2, -0.15) is 0 Å². The highest BCUT2D eigenvalue weighted by Gasteiger charge is 2.55. The van der Waals surface area contributed by atoms with Crippen LogP contribution in [0.25, 0.3) is 0 Å². The predicted molar refractivity (Wildman–Crippen MR) is 82.7 cm³/mol. The van der Waals surface area contributed by atoms with E-state index in [-0.39, 0.29) is 16.9 Å². The van der Waals surface area contributed by atoms with Gasteiger partial charge in [0.05, 0.1) is 6.10 Å². The van der Waals surface area contributed by atoms with Crippen molar-refractivity contribution in [3.05, 3.63) is 23.3 Å². The highest BCUT2D eigenvalue weighted by Crippen LogP contribution is 2.62. The van der Waals surface area contributed by atoms with Gasteiger partial charge in [-0.25, -0.2) is 0 Å². The molecule has 4 aliphatic carbocycles. The fourth-order valence-electron chi connectivity index (χ4n) is 5.80. The normalized spacial score (nSPS) is 48.9. The molecule has 0 aromatic rings. The van der Waals surface area contributed by atoms with Gasteiger partial charge < -0.3 is 5.11 Å². The van der Waals surface area contributed by atoms with E-state index in [1.807, 2.05) is 0 Å². The van der Waals surface area contributed by atoms with E-state index in [4.69, 9.17) is 0 Å². The average molecular weight is 286 g/mol. The molecule has 0 bridgehead atoms. The van der Waals surface area contributed by atoms with Crippen molar-refractivity contribution < 1.29 is 9.90 Å². The second-order valence-corrected chi connectivity index (χ2v) is 8.15. The molecule has 0 saturated heterocycles. The number of rotatable bonds is 0. The number of aliphatic hydroxyl groups excluding tert-OH is 1. The van der Waals surface area contributed by atoms with E-state index in [9.17, 15) is 9.90 Å². The Labute approximate surface area is 127 Å². The summed E-state index contributed by atoms with van der Waals surface area (Å²) in [4.78, 5) is 12.3. The van der Waals surface area contributed by atoms with Crippen molar-refractivity contribution in [1.29, 1.82) is 0 Å². The first-order valence-electron chi connectivity index (χ1n) is 8.56. The van der Waals surface area contributed by atoms with Gasteiger partial charge in [0.1, 0.15) is 5.78 Å². The number of ketones is 1. The van der Waals surface area contributed by atoms with Crippen LogP contribution in [0.1, 0.15) is 58.8 Å². The lowest BCUT2D eigenvalue weighted by molar-refractivity contribution is -0.126. The third-order valence-corrected chi connectivity index (χ3v) is 7.22. The summed E-state index contributed by atoms with van der Waals surface area (Å²) in [5, 5.41) is 9.99. The van der Waals surface area contributed by atoms with Crippen molar-refractivity contribution in [2.75, 3.05) is 0 Å². The van der Waals surface area contributed by atoms with Gasteiger partial charge >= 0.3 is 0 Å². The highest BCUT2D eigenvalue weighted by molar-refractivity contribution is 5.92. The Morgan fingerprint density at radius 1 is 1.19 bits per heavy atom. The monoisotopic (exact) mass is 286 g/mol. The minimum absolute atomic E-state index is 0.137. The van der Waals surface area contributed by atoms with Crippen LogP contribution in [-0.2, 0) is 4.79 Å². The highest BCUT2D eigenvalue weighted by atomic mass is 16.3. The molecule has 0 amide bonds. The van der Waals surface area contributed by atoms with Crippen LogP contribution in [0, 0.1) is 22.7 Å². The summed E-state index contributed by atoms with van der Waals surface area (Å²) >= 11 is 0. The minimum Gasteiger partial charge on any atom is -0.393 e. The molecule has 2 heteroatoms. The van der Waals surface area contributed by atoms with Crippen molar-refractivity contribution in [1.82, 2.24) is 0 Å². The van der Waals surface area contributed by atoms with E-state index in [1.54, 1.807) is 0 Å². The molecule has 0 aromatic heterocycles. The van der Waals surface area contributed by atoms with E-state index < -0.39 is 0 Å². The van der Waals surface area contributed by atoms with E-state index in [0.717, 1.165) is 32.1 Å². The zero-order chi connectivity index (χ0) is 14.8. The number of carbonyl (C=O) groups is 1. The van der Waals surface area contributed by atoms with Gasteiger partial charge in [0.2, 0.25) is 0 Å². The summed E-state index contributed by atoms with van der Waals surface area (Å²) in [5.74, 6) is 1.68. The molecule has 114 valence electrons. The summed E-state index contributed by atoms with van der Waals surface area (Å²) < 4.78 is 0. The zero-order valence-electron chi connectivity index (χ0n) is 13.2. The standard InChI is InChI=1S/C19H26O2/c1-18-9-7-13(20)11-12(18)3-4-14-15-5-6-17(21)19(15,2)10-8-16(14)18/h3,5,13-14,16,20H,4,6-11H2,1-2H3/t13-,14?,16?,18-,19-/m0/s1. The maximum atomic E-state index is 12.3. The second kappa shape index (κ2) is 4.32. The van der Waals surface area contributed by atoms with Crippen molar-refractivity contribution in [3.8, 4) is 0 Å². The molecule has 0 radical (unpaired) electrons. The SMILES string of the molecule is C[C@]12CCC3C(CC=C4C[C@@H](O)CC[C@@]43C)C1=CCC2=O. The van der Waals surface area contributed by atoms with Crippen molar-refractivity contribution in [2.24, 2.45) is 22.7 Å². The molecule has 2 unspecified atom stereocenters. The quantitative estimate of drug-likeness (QED) is 0.688. The minimum atomic E-state index is -0.156. The van der Waals surface area contributed by atoms with Crippen LogP contribution < -0.4 is 0 Å². The molecule has 5 atom stereocenters. The maximum Gasteiger partial charge on any atom is 0.146 e. The van der Waals surface area contributed by atoms with E-state index in [0.29, 0.717) is 24.0 Å². The van der Waals surface area contributed by atoms with Crippen LogP contribution in [0.2, 0.25) is 0 Å². The zero-order valence-corrected chi connectivity index (χ0v) is 13.2. The molecular formula is C19H26O2. The first kappa shape index (κ1) is 13.8. The molecule has 21 heavy (non-hydrogen) atoms. The fraction of sp³-hybridized carbons (Fsp3) is 0.737. The number of allylic oxidation sites excluding steroid dienone is 3. The number of hydrogen-bond acceptors (Lipinski definition) is 2. The van der Waals surface area contributed by atoms with Crippen LogP contribution in [-0.4, -0.2) is 17.0 Å². The van der Waals surface area contributed by atoms with E-state index in [1.165, 1.54) is 17.6 Å². The molecule has 2 fully saturated rings. The lowest BCUT2D eigenvalue weighted by Gasteiger charge is -2.55. The second-order valence-electron chi connectivity index (χ2n) is 8.15. The van der Waals surface area contributed by atoms with Gasteiger partial charge in [-0.3, -0.25) is 4.79 Å². The Kier molecular flexibility index (Phi) is 2.83. The van der Waals surface area contributed by atoms with Crippen molar-refractivity contribution in [3.63, 3.8) is 0 Å². The Morgan fingerprint density at radius 3 is 2.81 bits per heavy atom. The molecule has 0 spiro atoms. The molecule has 0 aromatic carbocycles. The van der Waals surface area contributed by atoms with E-state index >= 15 is 0 Å². The summed E-state index contributed by atoms with van der Waals surface area (Å²) in [5.41, 5.74) is 3.05. The first-order chi connectivity index (χ1) is 9.95. The Hall–Kier alpha value is -0.890. The molecular weight excluding hydrogens is 260 g/mol. The van der Waals surface area contributed by atoms with Crippen LogP contribution in [0.3, 0.4) is 0 Å². The van der Waals surface area contributed by atoms with Crippen molar-refractivity contribution >= 4 is 5.78 Å². The number of carbonyl (C=O) groups excluding carboxylic acids is 1.